The lowest BCUT2D eigenvalue weighted by Gasteiger charge is -2.28. The molecule has 0 atom stereocenters. The molecule has 0 radical (unpaired) electrons. The molecule has 0 saturated heterocycles. The number of aromatic nitrogens is 3. The average Bonchev–Trinajstić information content (AvgIpc) is 2.87. The van der Waals surface area contributed by atoms with E-state index in [9.17, 15) is 9.18 Å². The molecule has 1 aromatic carbocycles. The highest BCUT2D eigenvalue weighted by Crippen LogP contribution is 2.26. The Bertz CT molecular complexity index is 778. The first-order valence-electron chi connectivity index (χ1n) is 8.31. The number of ether oxygens (including phenoxy) is 1. The smallest absolute Gasteiger partial charge is 0.408 e. The van der Waals surface area contributed by atoms with Gasteiger partial charge in [-0.25, -0.2) is 9.18 Å². The molecule has 2 aromatic rings. The van der Waals surface area contributed by atoms with E-state index in [1.807, 2.05) is 27.9 Å². The van der Waals surface area contributed by atoms with E-state index in [4.69, 9.17) is 4.74 Å². The molecule has 142 valence electrons. The van der Waals surface area contributed by atoms with Crippen molar-refractivity contribution in [3.05, 3.63) is 35.9 Å². The highest BCUT2D eigenvalue weighted by atomic mass is 19.1. The SMILES string of the molecule is CN(c1ccc(F)cc1)c1nnc(C(C)(C)NC(=O)OC(C)(C)C)n1C. The van der Waals surface area contributed by atoms with Gasteiger partial charge in [-0.1, -0.05) is 0 Å². The Morgan fingerprint density at radius 3 is 2.27 bits per heavy atom. The molecular weight excluding hydrogens is 337 g/mol. The second kappa shape index (κ2) is 6.93. The van der Waals surface area contributed by atoms with Gasteiger partial charge in [0.1, 0.15) is 11.4 Å². The lowest BCUT2D eigenvalue weighted by atomic mass is 10.1. The van der Waals surface area contributed by atoms with Crippen molar-refractivity contribution < 1.29 is 13.9 Å². The molecule has 0 spiro atoms. The van der Waals surface area contributed by atoms with Crippen molar-refractivity contribution in [2.45, 2.75) is 45.8 Å². The van der Waals surface area contributed by atoms with Gasteiger partial charge in [0.2, 0.25) is 5.95 Å². The number of rotatable bonds is 4. The summed E-state index contributed by atoms with van der Waals surface area (Å²) in [7, 11) is 3.62. The summed E-state index contributed by atoms with van der Waals surface area (Å²) in [4.78, 5) is 13.9. The topological polar surface area (TPSA) is 72.3 Å². The van der Waals surface area contributed by atoms with Gasteiger partial charge in [0.05, 0.1) is 5.54 Å². The van der Waals surface area contributed by atoms with Gasteiger partial charge in [0.15, 0.2) is 5.82 Å². The van der Waals surface area contributed by atoms with E-state index in [0.717, 1.165) is 5.69 Å². The first-order chi connectivity index (χ1) is 11.9. The first-order valence-corrected chi connectivity index (χ1v) is 8.31. The summed E-state index contributed by atoms with van der Waals surface area (Å²) in [5.41, 5.74) is -0.619. The number of nitrogens with zero attached hydrogens (tertiary/aromatic N) is 4. The zero-order valence-corrected chi connectivity index (χ0v) is 16.3. The minimum Gasteiger partial charge on any atom is -0.444 e. The first kappa shape index (κ1) is 19.7. The summed E-state index contributed by atoms with van der Waals surface area (Å²) >= 11 is 0. The second-order valence-corrected chi connectivity index (χ2v) is 7.67. The molecule has 0 fully saturated rings. The Balaban J connectivity index is 2.23. The van der Waals surface area contributed by atoms with Crippen molar-refractivity contribution in [3.8, 4) is 0 Å². The minimum absolute atomic E-state index is 0.302. The summed E-state index contributed by atoms with van der Waals surface area (Å²) in [6.45, 7) is 9.05. The van der Waals surface area contributed by atoms with E-state index in [-0.39, 0.29) is 5.82 Å². The molecule has 7 nitrogen and oxygen atoms in total. The van der Waals surface area contributed by atoms with E-state index in [1.165, 1.54) is 12.1 Å². The Kier molecular flexibility index (Phi) is 5.25. The van der Waals surface area contributed by atoms with Crippen LogP contribution in [0.4, 0.5) is 20.8 Å². The van der Waals surface area contributed by atoms with Gasteiger partial charge in [-0.15, -0.1) is 10.2 Å². The third kappa shape index (κ3) is 4.50. The molecule has 1 aromatic heterocycles. The summed E-state index contributed by atoms with van der Waals surface area (Å²) in [5.74, 6) is 0.821. The fourth-order valence-electron chi connectivity index (χ4n) is 2.55. The third-order valence-corrected chi connectivity index (χ3v) is 3.74. The van der Waals surface area contributed by atoms with Crippen LogP contribution >= 0.6 is 0 Å². The quantitative estimate of drug-likeness (QED) is 0.900. The highest BCUT2D eigenvalue weighted by Gasteiger charge is 2.32. The molecule has 1 amide bonds. The number of nitrogens with one attached hydrogen (secondary N) is 1. The van der Waals surface area contributed by atoms with Crippen LogP contribution in [0, 0.1) is 5.82 Å². The predicted octanol–water partition coefficient (Wildman–Crippen LogP) is 3.48. The fourth-order valence-corrected chi connectivity index (χ4v) is 2.55. The molecule has 0 aliphatic rings. The van der Waals surface area contributed by atoms with Gasteiger partial charge < -0.3 is 15.0 Å². The molecule has 2 rings (SSSR count). The lowest BCUT2D eigenvalue weighted by molar-refractivity contribution is 0.0464. The van der Waals surface area contributed by atoms with E-state index in [0.29, 0.717) is 11.8 Å². The summed E-state index contributed by atoms with van der Waals surface area (Å²) in [5, 5.41) is 11.3. The van der Waals surface area contributed by atoms with Gasteiger partial charge in [0, 0.05) is 19.8 Å². The van der Waals surface area contributed by atoms with Crippen LogP contribution in [0.2, 0.25) is 0 Å². The molecule has 0 unspecified atom stereocenters. The average molecular weight is 363 g/mol. The summed E-state index contributed by atoms with van der Waals surface area (Å²) < 4.78 is 20.2. The number of halogens is 1. The molecule has 0 saturated carbocycles. The van der Waals surface area contributed by atoms with Crippen LogP contribution in [0.15, 0.2) is 24.3 Å². The van der Waals surface area contributed by atoms with Crippen molar-refractivity contribution in [2.24, 2.45) is 7.05 Å². The van der Waals surface area contributed by atoms with Gasteiger partial charge in [-0.3, -0.25) is 4.57 Å². The number of alkyl carbamates (subject to hydrolysis) is 1. The number of amides is 1. The van der Waals surface area contributed by atoms with Crippen molar-refractivity contribution in [1.29, 1.82) is 0 Å². The van der Waals surface area contributed by atoms with Crippen molar-refractivity contribution in [3.63, 3.8) is 0 Å². The van der Waals surface area contributed by atoms with Crippen LogP contribution in [0.1, 0.15) is 40.4 Å². The fraction of sp³-hybridized carbons (Fsp3) is 0.500. The van der Waals surface area contributed by atoms with Gasteiger partial charge in [-0.2, -0.15) is 0 Å². The Labute approximate surface area is 153 Å². The van der Waals surface area contributed by atoms with Crippen LogP contribution < -0.4 is 10.2 Å². The minimum atomic E-state index is -0.800. The number of hydrogen-bond acceptors (Lipinski definition) is 5. The Morgan fingerprint density at radius 2 is 1.73 bits per heavy atom. The molecule has 1 heterocycles. The normalized spacial score (nSPS) is 12.0. The third-order valence-electron chi connectivity index (χ3n) is 3.74. The Morgan fingerprint density at radius 1 is 1.15 bits per heavy atom. The molecule has 0 aliphatic carbocycles. The van der Waals surface area contributed by atoms with Gasteiger partial charge in [-0.05, 0) is 58.9 Å². The van der Waals surface area contributed by atoms with E-state index >= 15 is 0 Å². The van der Waals surface area contributed by atoms with Crippen LogP contribution in [-0.2, 0) is 17.3 Å². The monoisotopic (exact) mass is 363 g/mol. The lowest BCUT2D eigenvalue weighted by Crippen LogP contribution is -2.45. The number of carbonyl (C=O) groups is 1. The maximum absolute atomic E-state index is 13.1. The number of carbonyl (C=O) groups excluding carboxylic acids is 1. The summed E-state index contributed by atoms with van der Waals surface area (Å²) in [6, 6.07) is 6.09. The Hall–Kier alpha value is -2.64. The van der Waals surface area contributed by atoms with E-state index in [1.54, 1.807) is 42.4 Å². The number of hydrogen-bond donors (Lipinski definition) is 1. The standard InChI is InChI=1S/C18H26FN5O2/c1-17(2,3)26-16(25)20-18(4,5)14-21-22-15(24(14)7)23(6)13-10-8-12(19)9-11-13/h8-11H,1-7H3,(H,20,25). The molecule has 0 aliphatic heterocycles. The number of anilines is 2. The maximum Gasteiger partial charge on any atom is 0.408 e. The highest BCUT2D eigenvalue weighted by molar-refractivity contribution is 5.69. The molecule has 1 N–H and O–H groups in total. The molecular formula is C18H26FN5O2. The molecule has 0 bridgehead atoms. The second-order valence-electron chi connectivity index (χ2n) is 7.67. The van der Waals surface area contributed by atoms with Crippen molar-refractivity contribution >= 4 is 17.7 Å². The van der Waals surface area contributed by atoms with Crippen molar-refractivity contribution in [1.82, 2.24) is 20.1 Å². The van der Waals surface area contributed by atoms with Gasteiger partial charge in [0.25, 0.3) is 0 Å². The van der Waals surface area contributed by atoms with Gasteiger partial charge >= 0.3 is 6.09 Å². The maximum atomic E-state index is 13.1. The molecule has 8 heteroatoms. The van der Waals surface area contributed by atoms with Crippen LogP contribution in [0.5, 0.6) is 0 Å². The van der Waals surface area contributed by atoms with Crippen LogP contribution in [0.3, 0.4) is 0 Å². The zero-order valence-electron chi connectivity index (χ0n) is 16.3. The van der Waals surface area contributed by atoms with E-state index < -0.39 is 17.2 Å². The van der Waals surface area contributed by atoms with Crippen LogP contribution in [0.25, 0.3) is 0 Å². The molecule has 26 heavy (non-hydrogen) atoms. The summed E-state index contributed by atoms with van der Waals surface area (Å²) in [6.07, 6.45) is -0.529. The van der Waals surface area contributed by atoms with Crippen LogP contribution in [-0.4, -0.2) is 33.5 Å². The predicted molar refractivity (Wildman–Crippen MR) is 97.9 cm³/mol. The van der Waals surface area contributed by atoms with E-state index in [2.05, 4.69) is 15.5 Å². The zero-order chi connectivity index (χ0) is 19.7. The largest absolute Gasteiger partial charge is 0.444 e. The number of benzene rings is 1. The van der Waals surface area contributed by atoms with Crippen molar-refractivity contribution in [2.75, 3.05) is 11.9 Å².